The molecule has 3 aliphatic carbocycles. The molecule has 1 N–H and O–H groups in total. The molecule has 5 saturated heterocycles. The lowest BCUT2D eigenvalue weighted by atomic mass is 9.38. The molecule has 0 radical (unpaired) electrons. The van der Waals surface area contributed by atoms with E-state index in [1.54, 1.807) is 14.0 Å². The Hall–Kier alpha value is -3.13. The van der Waals surface area contributed by atoms with E-state index in [-0.39, 0.29) is 37.9 Å². The maximum Gasteiger partial charge on any atom is 0.366 e. The number of carbonyl (C=O) groups excluding carboxylic acids is 3. The minimum Gasteiger partial charge on any atom is -0.468 e. The van der Waals surface area contributed by atoms with Crippen molar-refractivity contribution in [1.29, 1.82) is 0 Å². The molecule has 2 aromatic rings. The molecular formula is C49H64O15Si. The van der Waals surface area contributed by atoms with Gasteiger partial charge < -0.3 is 56.9 Å². The normalized spacial score (nSPS) is 45.6. The molecule has 5 aliphatic heterocycles. The zero-order chi connectivity index (χ0) is 46.4. The molecule has 65 heavy (non-hydrogen) atoms. The molecule has 3 saturated carbocycles. The summed E-state index contributed by atoms with van der Waals surface area (Å²) >= 11 is 0. The number of aliphatic hydroxyl groups is 1. The van der Waals surface area contributed by atoms with Gasteiger partial charge >= 0.3 is 11.9 Å². The number of Topliss-reactive ketones (excluding diaryl/α,β-unsaturated/α-hetero) is 1. The topological polar surface area (TPSA) is 176 Å². The van der Waals surface area contributed by atoms with Crippen LogP contribution < -0.4 is 0 Å². The summed E-state index contributed by atoms with van der Waals surface area (Å²) in [7, 11) is 1.46. The van der Waals surface area contributed by atoms with E-state index in [9.17, 15) is 9.90 Å². The van der Waals surface area contributed by atoms with Crippen LogP contribution in [-0.2, 0) is 79.4 Å². The zero-order valence-electron chi connectivity index (χ0n) is 39.1. The standard InChI is InChI=1S/C49H64O15Si/c1-42(2,3)65(9,10)63-32-22-31(50)45-27-60-48(40(53)56-8,59-25-29-19-15-12-16-20-29)38(45)43(4,37(51)35-36(45)46(32,26-57-35)39(52)55-7)49-33-21-30(44(49,5)64-49)47(23-34(54-6)62-41(47)61-33)58-24-28-17-13-11-14-18-28/h11-20,30-36,38,41,50H,21-27H2,1-10H3/t30-,31+,32-,33+,34+,35-,36-,38+,41-,43-,44+,45+,46+,47+,48+,49+/m1/s1. The minimum atomic E-state index is -2.67. The number of fused-ring (bicyclic) bond motifs is 7. The van der Waals surface area contributed by atoms with Crippen molar-refractivity contribution in [3.05, 3.63) is 71.8 Å². The van der Waals surface area contributed by atoms with E-state index in [0.717, 1.165) is 11.1 Å². The highest BCUT2D eigenvalue weighted by molar-refractivity contribution is 6.74. The number of benzene rings is 2. The molecule has 8 aliphatic rings. The molecule has 0 amide bonds. The van der Waals surface area contributed by atoms with Crippen LogP contribution in [0.2, 0.25) is 18.1 Å². The summed E-state index contributed by atoms with van der Waals surface area (Å²) in [6.07, 6.45) is -5.17. The van der Waals surface area contributed by atoms with Gasteiger partial charge in [-0.25, -0.2) is 4.79 Å². The van der Waals surface area contributed by atoms with E-state index in [1.165, 1.54) is 14.2 Å². The lowest BCUT2D eigenvalue weighted by Gasteiger charge is -2.64. The Morgan fingerprint density at radius 2 is 1.49 bits per heavy atom. The second kappa shape index (κ2) is 14.9. The molecule has 2 bridgehead atoms. The summed E-state index contributed by atoms with van der Waals surface area (Å²) < 4.78 is 72.6. The summed E-state index contributed by atoms with van der Waals surface area (Å²) in [5.74, 6) is -7.11. The first kappa shape index (κ1) is 45.6. The van der Waals surface area contributed by atoms with Crippen LogP contribution in [-0.4, -0.2) is 125 Å². The Labute approximate surface area is 381 Å². The number of esters is 2. The van der Waals surface area contributed by atoms with E-state index >= 15 is 9.59 Å². The van der Waals surface area contributed by atoms with Gasteiger partial charge in [-0.2, -0.15) is 0 Å². The Balaban J connectivity index is 1.16. The molecule has 16 heteroatoms. The van der Waals surface area contributed by atoms with Crippen LogP contribution in [0.15, 0.2) is 60.7 Å². The number of epoxide rings is 1. The SMILES string of the molecule is COC(=O)[C@@]1(OCc2ccccc2)OC[C@]23[C@@H]1[C@](C)([C@]14O[C@@]1(C)[C@H]1C[C@@H]4O[C@@H]4O[C@H](OC)C[C@@]41OCc1ccccc1)C(=O)[C@@H]1OC[C@](C(=O)OC)([C@H](O[Si](C)(C)C(C)(C)C)C[C@@H]2O)[C@H]13. The zero-order valence-corrected chi connectivity index (χ0v) is 40.1. The first-order valence-electron chi connectivity index (χ1n) is 23.0. The van der Waals surface area contributed by atoms with Gasteiger partial charge in [0.15, 0.2) is 26.7 Å². The highest BCUT2D eigenvalue weighted by Gasteiger charge is 2.97. The van der Waals surface area contributed by atoms with Gasteiger partial charge in [-0.1, -0.05) is 81.4 Å². The maximum atomic E-state index is 16.5. The van der Waals surface area contributed by atoms with Crippen LogP contribution in [0, 0.1) is 34.0 Å². The van der Waals surface area contributed by atoms with Crippen LogP contribution >= 0.6 is 0 Å². The van der Waals surface area contributed by atoms with Crippen molar-refractivity contribution in [3.8, 4) is 0 Å². The number of methoxy groups -OCH3 is 3. The van der Waals surface area contributed by atoms with Gasteiger partial charge in [-0.3, -0.25) is 9.59 Å². The Bertz CT molecular complexity index is 2220. The molecule has 16 atom stereocenters. The highest BCUT2D eigenvalue weighted by Crippen LogP contribution is 2.83. The summed E-state index contributed by atoms with van der Waals surface area (Å²) in [6.45, 7) is 13.8. The van der Waals surface area contributed by atoms with Crippen LogP contribution in [0.4, 0.5) is 0 Å². The van der Waals surface area contributed by atoms with Gasteiger partial charge in [-0.15, -0.1) is 0 Å². The molecule has 0 aromatic heterocycles. The van der Waals surface area contributed by atoms with Crippen molar-refractivity contribution in [2.24, 2.45) is 34.0 Å². The van der Waals surface area contributed by atoms with Gasteiger partial charge in [0.25, 0.3) is 5.79 Å². The van der Waals surface area contributed by atoms with Gasteiger partial charge in [0.2, 0.25) is 0 Å². The molecule has 15 nitrogen and oxygen atoms in total. The predicted octanol–water partition coefficient (Wildman–Crippen LogP) is 5.24. The predicted molar refractivity (Wildman–Crippen MR) is 231 cm³/mol. The first-order valence-corrected chi connectivity index (χ1v) is 25.9. The molecule has 0 unspecified atom stereocenters. The number of ketones is 1. The van der Waals surface area contributed by atoms with E-state index in [1.807, 2.05) is 67.6 Å². The van der Waals surface area contributed by atoms with Crippen molar-refractivity contribution in [1.82, 2.24) is 0 Å². The van der Waals surface area contributed by atoms with Crippen molar-refractivity contribution < 1.29 is 71.3 Å². The van der Waals surface area contributed by atoms with Gasteiger partial charge in [-0.05, 0) is 49.5 Å². The van der Waals surface area contributed by atoms with Gasteiger partial charge in [0.05, 0.1) is 70.3 Å². The Kier molecular flexibility index (Phi) is 10.5. The summed E-state index contributed by atoms with van der Waals surface area (Å²) in [5, 5.41) is 13.0. The number of ether oxygens (including phenoxy) is 10. The van der Waals surface area contributed by atoms with Crippen molar-refractivity contribution in [3.63, 3.8) is 0 Å². The number of hydrogen-bond donors (Lipinski definition) is 1. The third-order valence-corrected chi connectivity index (χ3v) is 22.5. The average molecular weight is 921 g/mol. The van der Waals surface area contributed by atoms with E-state index < -0.39 is 120 Å². The number of aliphatic hydroxyl groups excluding tert-OH is 1. The lowest BCUT2D eigenvalue weighted by molar-refractivity contribution is -0.312. The van der Waals surface area contributed by atoms with Gasteiger partial charge in [0.1, 0.15) is 28.3 Å². The second-order valence-electron chi connectivity index (χ2n) is 21.6. The van der Waals surface area contributed by atoms with Gasteiger partial charge in [0, 0.05) is 37.2 Å². The third-order valence-electron chi connectivity index (χ3n) is 18.0. The van der Waals surface area contributed by atoms with Crippen LogP contribution in [0.25, 0.3) is 0 Å². The summed E-state index contributed by atoms with van der Waals surface area (Å²) in [6, 6.07) is 19.1. The van der Waals surface area contributed by atoms with Crippen LogP contribution in [0.3, 0.4) is 0 Å². The molecule has 354 valence electrons. The highest BCUT2D eigenvalue weighted by atomic mass is 28.4. The number of carbonyl (C=O) groups is 3. The summed E-state index contributed by atoms with van der Waals surface area (Å²) in [4.78, 5) is 46.4. The maximum absolute atomic E-state index is 16.5. The van der Waals surface area contributed by atoms with Crippen LogP contribution in [0.1, 0.15) is 65.0 Å². The lowest BCUT2D eigenvalue weighted by Crippen LogP contribution is -2.78. The molecule has 2 aromatic carbocycles. The van der Waals surface area contributed by atoms with E-state index in [0.29, 0.717) is 12.8 Å². The third kappa shape index (κ3) is 5.67. The Morgan fingerprint density at radius 3 is 2.09 bits per heavy atom. The second-order valence-corrected chi connectivity index (χ2v) is 26.4. The van der Waals surface area contributed by atoms with E-state index in [4.69, 9.17) is 51.8 Å². The Morgan fingerprint density at radius 1 is 0.862 bits per heavy atom. The fraction of sp³-hybridized carbons (Fsp3) is 0.694. The smallest absolute Gasteiger partial charge is 0.366 e. The average Bonchev–Trinajstić information content (AvgIpc) is 3.66. The van der Waals surface area contributed by atoms with Crippen LogP contribution in [0.5, 0.6) is 0 Å². The largest absolute Gasteiger partial charge is 0.468 e. The quantitative estimate of drug-likeness (QED) is 0.166. The molecule has 8 fully saturated rings. The molecule has 1 spiro atoms. The fourth-order valence-electron chi connectivity index (χ4n) is 14.2. The van der Waals surface area contributed by atoms with Crippen molar-refractivity contribution in [2.75, 3.05) is 34.5 Å². The monoisotopic (exact) mass is 920 g/mol. The van der Waals surface area contributed by atoms with Crippen molar-refractivity contribution in [2.45, 2.75) is 145 Å². The number of rotatable bonds is 12. The molecular weight excluding hydrogens is 857 g/mol. The fourth-order valence-corrected chi connectivity index (χ4v) is 15.5. The van der Waals surface area contributed by atoms with E-state index in [2.05, 4.69) is 33.9 Å². The molecule has 5 heterocycles. The van der Waals surface area contributed by atoms with Crippen molar-refractivity contribution >= 4 is 26.0 Å². The summed E-state index contributed by atoms with van der Waals surface area (Å²) in [5.41, 5.74) is -6.98. The molecule has 10 rings (SSSR count). The minimum absolute atomic E-state index is 0.0489. The number of hydrogen-bond acceptors (Lipinski definition) is 15. The first-order chi connectivity index (χ1) is 30.7.